The predicted molar refractivity (Wildman–Crippen MR) is 32.6 cm³/mol. The maximum atomic E-state index is 9.92. The maximum absolute atomic E-state index is 9.92. The molecule has 1 fully saturated rings. The molecular formula is C7H12O. The van der Waals surface area contributed by atoms with Gasteiger partial charge in [0.25, 0.3) is 0 Å². The fourth-order valence-electron chi connectivity index (χ4n) is 1.22. The van der Waals surface area contributed by atoms with Gasteiger partial charge in [-0.05, 0) is 18.3 Å². The number of hydrogen-bond donors (Lipinski definition) is 0. The van der Waals surface area contributed by atoms with Crippen molar-refractivity contribution in [1.29, 1.82) is 0 Å². The lowest BCUT2D eigenvalue weighted by Gasteiger charge is -1.84. The van der Waals surface area contributed by atoms with Crippen LogP contribution in [-0.4, -0.2) is 6.29 Å². The van der Waals surface area contributed by atoms with Gasteiger partial charge in [-0.3, -0.25) is 0 Å². The molecule has 1 heteroatoms. The molecule has 0 saturated heterocycles. The number of carbonyl (C=O) groups excluding carboxylic acids is 1. The molecule has 0 unspecified atom stereocenters. The van der Waals surface area contributed by atoms with Gasteiger partial charge in [-0.2, -0.15) is 0 Å². The molecule has 0 aromatic rings. The largest absolute Gasteiger partial charge is 0.303 e. The molecule has 0 spiro atoms. The Labute approximate surface area is 50.1 Å². The summed E-state index contributed by atoms with van der Waals surface area (Å²) in [6.45, 7) is 2.19. The van der Waals surface area contributed by atoms with Gasteiger partial charge < -0.3 is 4.79 Å². The van der Waals surface area contributed by atoms with Crippen LogP contribution in [0.15, 0.2) is 0 Å². The van der Waals surface area contributed by atoms with Gasteiger partial charge in [0.15, 0.2) is 0 Å². The lowest BCUT2D eigenvalue weighted by molar-refractivity contribution is -0.108. The van der Waals surface area contributed by atoms with Crippen molar-refractivity contribution >= 4 is 6.29 Å². The second kappa shape index (κ2) is 2.29. The summed E-state index contributed by atoms with van der Waals surface area (Å²) >= 11 is 0. The zero-order chi connectivity index (χ0) is 5.98. The molecule has 0 radical (unpaired) electrons. The fraction of sp³-hybridized carbons (Fsp3) is 0.857. The first-order valence-electron chi connectivity index (χ1n) is 3.32. The van der Waals surface area contributed by atoms with Crippen LogP contribution in [-0.2, 0) is 4.79 Å². The van der Waals surface area contributed by atoms with Gasteiger partial charge in [-0.15, -0.1) is 0 Å². The molecule has 8 heavy (non-hydrogen) atoms. The summed E-state index contributed by atoms with van der Waals surface area (Å²) < 4.78 is 0. The lowest BCUT2D eigenvalue weighted by Crippen LogP contribution is -1.80. The van der Waals surface area contributed by atoms with Crippen LogP contribution in [0.3, 0.4) is 0 Å². The van der Waals surface area contributed by atoms with Gasteiger partial charge in [0.05, 0.1) is 0 Å². The van der Waals surface area contributed by atoms with E-state index < -0.39 is 0 Å². The van der Waals surface area contributed by atoms with Crippen LogP contribution >= 0.6 is 0 Å². The Morgan fingerprint density at radius 1 is 1.62 bits per heavy atom. The van der Waals surface area contributed by atoms with Gasteiger partial charge in [0.1, 0.15) is 6.29 Å². The standard InChI is InChI=1S/C7H12O/c1-2-6-5-7(6)3-4-8/h4,6-7H,2-3,5H2,1H3/t6-,7+/m1/s1. The Morgan fingerprint density at radius 3 is 2.75 bits per heavy atom. The third-order valence-electron chi connectivity index (χ3n) is 1.99. The van der Waals surface area contributed by atoms with E-state index in [4.69, 9.17) is 0 Å². The maximum Gasteiger partial charge on any atom is 0.120 e. The molecule has 1 rings (SSSR count). The molecule has 0 aromatic heterocycles. The van der Waals surface area contributed by atoms with E-state index in [2.05, 4.69) is 6.92 Å². The normalized spacial score (nSPS) is 34.6. The van der Waals surface area contributed by atoms with Crippen LogP contribution in [0.1, 0.15) is 26.2 Å². The van der Waals surface area contributed by atoms with E-state index in [0.717, 1.165) is 24.5 Å². The monoisotopic (exact) mass is 112 g/mol. The average Bonchev–Trinajstić information content (AvgIpc) is 2.48. The number of rotatable bonds is 3. The molecule has 0 heterocycles. The molecule has 0 amide bonds. The van der Waals surface area contributed by atoms with E-state index in [1.807, 2.05) is 0 Å². The quantitative estimate of drug-likeness (QED) is 0.507. The van der Waals surface area contributed by atoms with Gasteiger partial charge in [-0.25, -0.2) is 0 Å². The molecule has 1 aliphatic carbocycles. The Balaban J connectivity index is 2.07. The zero-order valence-electron chi connectivity index (χ0n) is 5.26. The summed E-state index contributed by atoms with van der Waals surface area (Å²) in [5.74, 6) is 1.65. The van der Waals surface area contributed by atoms with Crippen LogP contribution < -0.4 is 0 Å². The highest BCUT2D eigenvalue weighted by Gasteiger charge is 2.34. The highest BCUT2D eigenvalue weighted by atomic mass is 16.1. The molecule has 0 aliphatic heterocycles. The molecule has 2 atom stereocenters. The highest BCUT2D eigenvalue weighted by molar-refractivity contribution is 5.50. The van der Waals surface area contributed by atoms with E-state index in [1.54, 1.807) is 0 Å². The number of hydrogen-bond acceptors (Lipinski definition) is 1. The minimum Gasteiger partial charge on any atom is -0.303 e. The van der Waals surface area contributed by atoms with Crippen molar-refractivity contribution in [2.24, 2.45) is 11.8 Å². The Morgan fingerprint density at radius 2 is 2.38 bits per heavy atom. The summed E-state index contributed by atoms with van der Waals surface area (Å²) in [5, 5.41) is 0. The van der Waals surface area contributed by atoms with E-state index >= 15 is 0 Å². The first-order valence-corrected chi connectivity index (χ1v) is 3.32. The summed E-state index contributed by atoms with van der Waals surface area (Å²) in [6, 6.07) is 0. The second-order valence-corrected chi connectivity index (χ2v) is 2.57. The molecule has 1 nitrogen and oxygen atoms in total. The van der Waals surface area contributed by atoms with E-state index in [1.165, 1.54) is 12.8 Å². The van der Waals surface area contributed by atoms with Crippen LogP contribution in [0.25, 0.3) is 0 Å². The summed E-state index contributed by atoms with van der Waals surface area (Å²) in [4.78, 5) is 9.92. The van der Waals surface area contributed by atoms with Gasteiger partial charge >= 0.3 is 0 Å². The topological polar surface area (TPSA) is 17.1 Å². The molecule has 1 saturated carbocycles. The third kappa shape index (κ3) is 1.09. The van der Waals surface area contributed by atoms with Crippen LogP contribution in [0.2, 0.25) is 0 Å². The number of aldehydes is 1. The van der Waals surface area contributed by atoms with Crippen LogP contribution in [0, 0.1) is 11.8 Å². The molecule has 0 bridgehead atoms. The Hall–Kier alpha value is -0.330. The fourth-order valence-corrected chi connectivity index (χ4v) is 1.22. The minimum absolute atomic E-state index is 0.762. The van der Waals surface area contributed by atoms with Gasteiger partial charge in [-0.1, -0.05) is 13.3 Å². The minimum atomic E-state index is 0.762. The van der Waals surface area contributed by atoms with Crippen molar-refractivity contribution in [3.63, 3.8) is 0 Å². The predicted octanol–water partition coefficient (Wildman–Crippen LogP) is 1.62. The van der Waals surface area contributed by atoms with Gasteiger partial charge in [0, 0.05) is 6.42 Å². The molecule has 0 N–H and O–H groups in total. The second-order valence-electron chi connectivity index (χ2n) is 2.57. The molecule has 0 aromatic carbocycles. The average molecular weight is 112 g/mol. The first-order chi connectivity index (χ1) is 3.88. The van der Waals surface area contributed by atoms with Crippen molar-refractivity contribution in [3.05, 3.63) is 0 Å². The van der Waals surface area contributed by atoms with E-state index in [0.29, 0.717) is 0 Å². The summed E-state index contributed by atoms with van der Waals surface area (Å²) in [7, 11) is 0. The molecule has 1 aliphatic rings. The SMILES string of the molecule is CC[C@@H]1C[C@@H]1CC=O. The molecular weight excluding hydrogens is 100 g/mol. The number of carbonyl (C=O) groups is 1. The van der Waals surface area contributed by atoms with Crippen molar-refractivity contribution in [2.75, 3.05) is 0 Å². The zero-order valence-corrected chi connectivity index (χ0v) is 5.26. The Kier molecular flexibility index (Phi) is 1.66. The highest BCUT2D eigenvalue weighted by Crippen LogP contribution is 2.42. The van der Waals surface area contributed by atoms with Crippen molar-refractivity contribution in [1.82, 2.24) is 0 Å². The summed E-state index contributed by atoms with van der Waals surface area (Å²) in [6.07, 6.45) is 4.41. The third-order valence-corrected chi connectivity index (χ3v) is 1.99. The first kappa shape index (κ1) is 5.80. The van der Waals surface area contributed by atoms with Crippen molar-refractivity contribution < 1.29 is 4.79 Å². The Bertz CT molecular complexity index is 88.4. The van der Waals surface area contributed by atoms with E-state index in [9.17, 15) is 4.79 Å². The van der Waals surface area contributed by atoms with Crippen LogP contribution in [0.4, 0.5) is 0 Å². The van der Waals surface area contributed by atoms with Crippen molar-refractivity contribution in [2.45, 2.75) is 26.2 Å². The lowest BCUT2D eigenvalue weighted by atomic mass is 10.2. The van der Waals surface area contributed by atoms with Gasteiger partial charge in [0.2, 0.25) is 0 Å². The smallest absolute Gasteiger partial charge is 0.120 e. The molecule has 46 valence electrons. The van der Waals surface area contributed by atoms with Crippen LogP contribution in [0.5, 0.6) is 0 Å². The van der Waals surface area contributed by atoms with Crippen molar-refractivity contribution in [3.8, 4) is 0 Å². The van der Waals surface area contributed by atoms with E-state index in [-0.39, 0.29) is 0 Å². The summed E-state index contributed by atoms with van der Waals surface area (Å²) in [5.41, 5.74) is 0.